The molecule has 0 bridgehead atoms. The summed E-state index contributed by atoms with van der Waals surface area (Å²) in [5.41, 5.74) is 0.412. The van der Waals surface area contributed by atoms with Crippen LogP contribution in [0.1, 0.15) is 15.9 Å². The van der Waals surface area contributed by atoms with Crippen LogP contribution in [-0.2, 0) is 6.18 Å². The van der Waals surface area contributed by atoms with Crippen molar-refractivity contribution in [1.29, 1.82) is 0 Å². The molecule has 146 valence electrons. The number of amides is 1. The summed E-state index contributed by atoms with van der Waals surface area (Å²) < 4.78 is 44.1. The molecule has 2 N–H and O–H groups in total. The zero-order chi connectivity index (χ0) is 20.4. The maximum Gasteiger partial charge on any atom is 0.416 e. The molecule has 0 saturated heterocycles. The number of rotatable bonds is 4. The normalized spacial score (nSPS) is 11.4. The number of carbonyl (C=O) groups is 1. The summed E-state index contributed by atoms with van der Waals surface area (Å²) in [4.78, 5) is 27.2. The van der Waals surface area contributed by atoms with E-state index in [2.05, 4.69) is 25.3 Å². The highest BCUT2D eigenvalue weighted by atomic mass is 19.4. The number of imidazole rings is 1. The van der Waals surface area contributed by atoms with Gasteiger partial charge < -0.3 is 15.0 Å². The number of aromatic amines is 1. The fourth-order valence-corrected chi connectivity index (χ4v) is 2.58. The molecule has 0 aliphatic carbocycles. The van der Waals surface area contributed by atoms with Gasteiger partial charge in [-0.3, -0.25) is 4.79 Å². The summed E-state index contributed by atoms with van der Waals surface area (Å²) in [7, 11) is 0. The predicted molar refractivity (Wildman–Crippen MR) is 97.6 cm³/mol. The molecule has 10 heteroatoms. The Balaban J connectivity index is 1.47. The number of nitrogens with zero attached hydrogens (tertiary/aromatic N) is 3. The average molecular weight is 399 g/mol. The van der Waals surface area contributed by atoms with Crippen LogP contribution in [0.2, 0.25) is 0 Å². The number of anilines is 1. The fourth-order valence-electron chi connectivity index (χ4n) is 2.58. The predicted octanol–water partition coefficient (Wildman–Crippen LogP) is 4.42. The van der Waals surface area contributed by atoms with Crippen molar-refractivity contribution < 1.29 is 22.7 Å². The quantitative estimate of drug-likeness (QED) is 0.530. The topological polar surface area (TPSA) is 92.8 Å². The highest BCUT2D eigenvalue weighted by Gasteiger charge is 2.30. The second kappa shape index (κ2) is 7.23. The maximum absolute atomic E-state index is 12.8. The molecule has 0 radical (unpaired) electrons. The number of carbonyl (C=O) groups excluding carboxylic acids is 1. The van der Waals surface area contributed by atoms with Gasteiger partial charge in [0.1, 0.15) is 17.6 Å². The number of fused-ring (bicyclic) bond motifs is 1. The largest absolute Gasteiger partial charge is 0.437 e. The molecule has 1 amide bonds. The van der Waals surface area contributed by atoms with Crippen molar-refractivity contribution in [2.75, 3.05) is 5.32 Å². The van der Waals surface area contributed by atoms with Gasteiger partial charge in [-0.2, -0.15) is 18.2 Å². The summed E-state index contributed by atoms with van der Waals surface area (Å²) in [6.07, 6.45) is -1.73. The van der Waals surface area contributed by atoms with E-state index in [1.807, 2.05) is 0 Å². The van der Waals surface area contributed by atoms with Gasteiger partial charge in [-0.15, -0.1) is 0 Å². The van der Waals surface area contributed by atoms with E-state index in [1.54, 1.807) is 24.3 Å². The molecule has 0 fully saturated rings. The zero-order valence-corrected chi connectivity index (χ0v) is 14.6. The molecule has 0 aliphatic heterocycles. The van der Waals surface area contributed by atoms with Crippen molar-refractivity contribution in [3.05, 3.63) is 72.3 Å². The van der Waals surface area contributed by atoms with Gasteiger partial charge in [-0.05, 0) is 42.5 Å². The Labute approximate surface area is 161 Å². The average Bonchev–Trinajstić information content (AvgIpc) is 3.19. The lowest BCUT2D eigenvalue weighted by Crippen LogP contribution is -2.13. The number of hydrogen-bond acceptors (Lipinski definition) is 5. The third-order valence-corrected chi connectivity index (χ3v) is 3.97. The van der Waals surface area contributed by atoms with Crippen LogP contribution in [0.5, 0.6) is 11.6 Å². The molecule has 2 heterocycles. The number of nitrogens with one attached hydrogen (secondary N) is 2. The Kier molecular flexibility index (Phi) is 4.59. The molecule has 29 heavy (non-hydrogen) atoms. The first-order chi connectivity index (χ1) is 13.9. The fraction of sp³-hybridized carbons (Fsp3) is 0.0526. The minimum Gasteiger partial charge on any atom is -0.437 e. The third kappa shape index (κ3) is 4.00. The van der Waals surface area contributed by atoms with Crippen molar-refractivity contribution >= 4 is 22.8 Å². The van der Waals surface area contributed by atoms with Crippen molar-refractivity contribution in [2.45, 2.75) is 6.18 Å². The van der Waals surface area contributed by atoms with Crippen molar-refractivity contribution in [3.8, 4) is 11.6 Å². The molecule has 0 aliphatic rings. The molecule has 0 unspecified atom stereocenters. The number of aromatic nitrogens is 4. The third-order valence-electron chi connectivity index (χ3n) is 3.97. The van der Waals surface area contributed by atoms with E-state index >= 15 is 0 Å². The van der Waals surface area contributed by atoms with Crippen molar-refractivity contribution in [3.63, 3.8) is 0 Å². The lowest BCUT2D eigenvalue weighted by Gasteiger charge is -2.10. The van der Waals surface area contributed by atoms with Crippen LogP contribution in [0.4, 0.5) is 18.9 Å². The zero-order valence-electron chi connectivity index (χ0n) is 14.6. The second-order valence-corrected chi connectivity index (χ2v) is 5.94. The van der Waals surface area contributed by atoms with Crippen molar-refractivity contribution in [1.82, 2.24) is 19.9 Å². The second-order valence-electron chi connectivity index (χ2n) is 5.94. The Bertz CT molecular complexity index is 1170. The molecule has 7 nitrogen and oxygen atoms in total. The van der Waals surface area contributed by atoms with E-state index < -0.39 is 17.6 Å². The van der Waals surface area contributed by atoms with Crippen LogP contribution in [0.25, 0.3) is 11.2 Å². The van der Waals surface area contributed by atoms with Gasteiger partial charge in [0, 0.05) is 11.3 Å². The van der Waals surface area contributed by atoms with E-state index in [1.165, 1.54) is 24.8 Å². The minimum absolute atomic E-state index is 0.0947. The van der Waals surface area contributed by atoms with Gasteiger partial charge in [0.05, 0.1) is 11.9 Å². The van der Waals surface area contributed by atoms with Gasteiger partial charge >= 0.3 is 6.18 Å². The van der Waals surface area contributed by atoms with Crippen LogP contribution in [0, 0.1) is 0 Å². The first kappa shape index (κ1) is 18.4. The lowest BCUT2D eigenvalue weighted by atomic mass is 10.1. The van der Waals surface area contributed by atoms with Gasteiger partial charge in [0.2, 0.25) is 5.88 Å². The number of alkyl halides is 3. The number of H-pyrrole nitrogens is 1. The number of ether oxygens (including phenoxy) is 1. The molecule has 4 rings (SSSR count). The standard InChI is InChI=1S/C19H12F3N5O2/c20-19(21,22)12-3-1-2-11(8-12)17(28)27-13-4-6-14(7-5-13)29-18-15-16(24-9-23-15)25-10-26-18/h1-10H,(H,27,28)(H,23,24,25,26). The van der Waals surface area contributed by atoms with Gasteiger partial charge in [0.25, 0.3) is 5.91 Å². The van der Waals surface area contributed by atoms with Crippen LogP contribution in [-0.4, -0.2) is 25.8 Å². The summed E-state index contributed by atoms with van der Waals surface area (Å²) >= 11 is 0. The van der Waals surface area contributed by atoms with Crippen LogP contribution in [0.15, 0.2) is 61.2 Å². The molecule has 2 aromatic heterocycles. The molecular formula is C19H12F3N5O2. The summed E-state index contributed by atoms with van der Waals surface area (Å²) in [6.45, 7) is 0. The monoisotopic (exact) mass is 399 g/mol. The first-order valence-electron chi connectivity index (χ1n) is 8.31. The van der Waals surface area contributed by atoms with E-state index in [0.717, 1.165) is 12.1 Å². The van der Waals surface area contributed by atoms with Gasteiger partial charge in [0.15, 0.2) is 5.65 Å². The Morgan fingerprint density at radius 1 is 1.03 bits per heavy atom. The molecular weight excluding hydrogens is 387 g/mol. The Morgan fingerprint density at radius 2 is 1.83 bits per heavy atom. The highest BCUT2D eigenvalue weighted by Crippen LogP contribution is 2.30. The molecule has 0 saturated carbocycles. The SMILES string of the molecule is O=C(Nc1ccc(Oc2ncnc3nc[nH]c23)cc1)c1cccc(C(F)(F)F)c1. The molecule has 2 aromatic carbocycles. The Morgan fingerprint density at radius 3 is 2.59 bits per heavy atom. The lowest BCUT2D eigenvalue weighted by molar-refractivity contribution is -0.137. The minimum atomic E-state index is -4.52. The van der Waals surface area contributed by atoms with Gasteiger partial charge in [-0.1, -0.05) is 6.07 Å². The van der Waals surface area contributed by atoms with E-state index in [0.29, 0.717) is 22.6 Å². The highest BCUT2D eigenvalue weighted by molar-refractivity contribution is 6.04. The number of hydrogen-bond donors (Lipinski definition) is 2. The summed E-state index contributed by atoms with van der Waals surface area (Å²) in [5, 5.41) is 2.55. The first-order valence-corrected chi connectivity index (χ1v) is 8.31. The van der Waals surface area contributed by atoms with Crippen molar-refractivity contribution in [2.24, 2.45) is 0 Å². The van der Waals surface area contributed by atoms with Crippen LogP contribution in [0.3, 0.4) is 0 Å². The van der Waals surface area contributed by atoms with E-state index in [4.69, 9.17) is 4.74 Å². The van der Waals surface area contributed by atoms with Crippen LogP contribution < -0.4 is 10.1 Å². The number of benzene rings is 2. The molecule has 0 atom stereocenters. The van der Waals surface area contributed by atoms with Gasteiger partial charge in [-0.25, -0.2) is 9.97 Å². The number of halogens is 3. The smallest absolute Gasteiger partial charge is 0.416 e. The summed E-state index contributed by atoms with van der Waals surface area (Å²) in [5.74, 6) is 0.0738. The maximum atomic E-state index is 12.8. The van der Waals surface area contributed by atoms with E-state index in [9.17, 15) is 18.0 Å². The molecule has 0 spiro atoms. The molecule has 4 aromatic rings. The Hall–Kier alpha value is -3.95. The van der Waals surface area contributed by atoms with E-state index in [-0.39, 0.29) is 11.4 Å². The summed E-state index contributed by atoms with van der Waals surface area (Å²) in [6, 6.07) is 10.5. The van der Waals surface area contributed by atoms with Crippen LogP contribution >= 0.6 is 0 Å².